The number of anilines is 1. The number of amides is 2. The molecule has 0 radical (unpaired) electrons. The Balaban J connectivity index is 0.000000383. The largest absolute Gasteiger partial charge is 0.490 e. The molecule has 0 aromatic heterocycles. The van der Waals surface area contributed by atoms with Gasteiger partial charge in [-0.25, -0.2) is 4.79 Å². The molecule has 0 saturated carbocycles. The molecule has 2 amide bonds. The minimum atomic E-state index is -5.08. The highest BCUT2D eigenvalue weighted by atomic mass is 19.4. The van der Waals surface area contributed by atoms with Crippen molar-refractivity contribution in [3.05, 3.63) is 66.2 Å². The molecule has 1 unspecified atom stereocenters. The van der Waals surface area contributed by atoms with Crippen molar-refractivity contribution in [2.75, 3.05) is 38.1 Å². The Labute approximate surface area is 189 Å². The summed E-state index contributed by atoms with van der Waals surface area (Å²) in [6.07, 6.45) is -4.21. The van der Waals surface area contributed by atoms with E-state index < -0.39 is 12.1 Å². The molecule has 1 spiro atoms. The highest BCUT2D eigenvalue weighted by Gasteiger charge is 2.48. The number of piperazine rings is 1. The van der Waals surface area contributed by atoms with Crippen molar-refractivity contribution in [3.8, 4) is 0 Å². The highest BCUT2D eigenvalue weighted by molar-refractivity contribution is 5.96. The molecule has 1 atom stereocenters. The minimum absolute atomic E-state index is 0.0686. The van der Waals surface area contributed by atoms with Crippen LogP contribution in [-0.2, 0) is 9.59 Å². The topological polar surface area (TPSA) is 81.2 Å². The number of aliphatic carboxylic acids is 1. The predicted molar refractivity (Wildman–Crippen MR) is 115 cm³/mol. The van der Waals surface area contributed by atoms with Gasteiger partial charge < -0.3 is 14.9 Å². The van der Waals surface area contributed by atoms with Gasteiger partial charge in [-0.15, -0.1) is 0 Å². The lowest BCUT2D eigenvalue weighted by atomic mass is 9.92. The third kappa shape index (κ3) is 5.51. The molecular formula is C23H24F3N3O4. The Morgan fingerprint density at radius 2 is 1.52 bits per heavy atom. The fourth-order valence-corrected chi connectivity index (χ4v) is 4.04. The maximum Gasteiger partial charge on any atom is 0.490 e. The van der Waals surface area contributed by atoms with E-state index in [1.807, 2.05) is 77.5 Å². The van der Waals surface area contributed by atoms with Crippen LogP contribution >= 0.6 is 0 Å². The zero-order valence-electron chi connectivity index (χ0n) is 18.0. The number of carbonyl (C=O) groups excluding carboxylic acids is 2. The van der Waals surface area contributed by atoms with Gasteiger partial charge in [-0.3, -0.25) is 14.5 Å². The molecule has 176 valence electrons. The number of rotatable bonds is 2. The van der Waals surface area contributed by atoms with Crippen LogP contribution in [-0.4, -0.2) is 77.6 Å². The lowest BCUT2D eigenvalue weighted by molar-refractivity contribution is -0.192. The van der Waals surface area contributed by atoms with Crippen molar-refractivity contribution in [2.24, 2.45) is 0 Å². The van der Waals surface area contributed by atoms with Gasteiger partial charge >= 0.3 is 12.1 Å². The van der Waals surface area contributed by atoms with Gasteiger partial charge in [0.05, 0.1) is 12.1 Å². The first-order valence-electron chi connectivity index (χ1n) is 10.2. The summed E-state index contributed by atoms with van der Waals surface area (Å²) in [5, 5.41) is 7.12. The number of hydrogen-bond acceptors (Lipinski definition) is 4. The average molecular weight is 463 g/mol. The van der Waals surface area contributed by atoms with Crippen molar-refractivity contribution in [2.45, 2.75) is 18.1 Å². The van der Waals surface area contributed by atoms with E-state index >= 15 is 0 Å². The number of benzene rings is 2. The van der Waals surface area contributed by atoms with E-state index in [1.54, 1.807) is 0 Å². The molecule has 2 saturated heterocycles. The third-order valence-electron chi connectivity index (χ3n) is 5.89. The number of halogens is 3. The summed E-state index contributed by atoms with van der Waals surface area (Å²) in [7, 11) is 2.00. The average Bonchev–Trinajstić information content (AvgIpc) is 3.22. The number of para-hydroxylation sites is 1. The first kappa shape index (κ1) is 24.2. The Morgan fingerprint density at radius 1 is 0.970 bits per heavy atom. The summed E-state index contributed by atoms with van der Waals surface area (Å²) in [6, 6.07) is 19.2. The Morgan fingerprint density at radius 3 is 2.06 bits per heavy atom. The summed E-state index contributed by atoms with van der Waals surface area (Å²) in [5.74, 6) is -2.58. The van der Waals surface area contributed by atoms with Gasteiger partial charge in [0.25, 0.3) is 5.91 Å². The lowest BCUT2D eigenvalue weighted by Crippen LogP contribution is -2.64. The minimum Gasteiger partial charge on any atom is -0.475 e. The quantitative estimate of drug-likeness (QED) is 0.741. The van der Waals surface area contributed by atoms with Crippen LogP contribution in [0.1, 0.15) is 16.8 Å². The van der Waals surface area contributed by atoms with E-state index in [4.69, 9.17) is 9.90 Å². The van der Waals surface area contributed by atoms with Gasteiger partial charge in [-0.1, -0.05) is 36.4 Å². The normalized spacial score (nSPS) is 21.0. The summed E-state index contributed by atoms with van der Waals surface area (Å²) >= 11 is 0. The molecule has 7 nitrogen and oxygen atoms in total. The Hall–Kier alpha value is -3.40. The standard InChI is InChI=1S/C21H23N3O2.C2HF3O2/c1-22-14-19(25)24(18-10-6-3-7-11-18)16-21(22)12-13-23(15-21)20(26)17-8-4-2-5-9-17;3-2(4,5)1(6)7/h2-11H,12-16H2,1H3;(H,6,7). The van der Waals surface area contributed by atoms with Gasteiger partial charge in [0.15, 0.2) is 0 Å². The van der Waals surface area contributed by atoms with Crippen molar-refractivity contribution >= 4 is 23.5 Å². The zero-order valence-corrected chi connectivity index (χ0v) is 18.0. The van der Waals surface area contributed by atoms with Crippen LogP contribution in [0.4, 0.5) is 18.9 Å². The van der Waals surface area contributed by atoms with E-state index in [0.717, 1.165) is 24.2 Å². The molecule has 2 heterocycles. The maximum absolute atomic E-state index is 12.8. The molecule has 2 aliphatic rings. The first-order valence-corrected chi connectivity index (χ1v) is 10.2. The van der Waals surface area contributed by atoms with Gasteiger partial charge in [-0.2, -0.15) is 13.2 Å². The van der Waals surface area contributed by atoms with Crippen LogP contribution in [0.25, 0.3) is 0 Å². The number of carboxylic acid groups (broad SMARTS) is 1. The van der Waals surface area contributed by atoms with Crippen LogP contribution in [0.2, 0.25) is 0 Å². The molecule has 2 aliphatic heterocycles. The van der Waals surface area contributed by atoms with Gasteiger partial charge in [0.2, 0.25) is 5.91 Å². The van der Waals surface area contributed by atoms with Crippen LogP contribution in [0.3, 0.4) is 0 Å². The molecule has 2 fully saturated rings. The molecule has 2 aromatic carbocycles. The number of carboxylic acids is 1. The summed E-state index contributed by atoms with van der Waals surface area (Å²) in [5.41, 5.74) is 1.46. The second-order valence-electron chi connectivity index (χ2n) is 8.04. The fraction of sp³-hybridized carbons (Fsp3) is 0.348. The van der Waals surface area contributed by atoms with E-state index in [1.165, 1.54) is 0 Å². The molecule has 0 aliphatic carbocycles. The fourth-order valence-electron chi connectivity index (χ4n) is 4.04. The van der Waals surface area contributed by atoms with Gasteiger partial charge in [-0.05, 0) is 37.7 Å². The van der Waals surface area contributed by atoms with E-state index in [0.29, 0.717) is 19.6 Å². The van der Waals surface area contributed by atoms with Crippen molar-refractivity contribution in [1.82, 2.24) is 9.80 Å². The maximum atomic E-state index is 12.8. The van der Waals surface area contributed by atoms with Gasteiger partial charge in [0.1, 0.15) is 0 Å². The van der Waals surface area contributed by atoms with E-state index in [2.05, 4.69) is 4.90 Å². The van der Waals surface area contributed by atoms with Gasteiger partial charge in [0, 0.05) is 30.9 Å². The number of hydrogen-bond donors (Lipinski definition) is 1. The third-order valence-corrected chi connectivity index (χ3v) is 5.89. The molecule has 10 heteroatoms. The molecule has 2 aromatic rings. The van der Waals surface area contributed by atoms with Crippen molar-refractivity contribution in [1.29, 1.82) is 0 Å². The SMILES string of the molecule is CN1CC(=O)N(c2ccccc2)CC12CCN(C(=O)c1ccccc1)C2.O=C(O)C(F)(F)F. The molecule has 33 heavy (non-hydrogen) atoms. The van der Waals surface area contributed by atoms with E-state index in [-0.39, 0.29) is 17.4 Å². The second-order valence-corrected chi connectivity index (χ2v) is 8.04. The summed E-state index contributed by atoms with van der Waals surface area (Å²) < 4.78 is 31.7. The molecule has 4 rings (SSSR count). The van der Waals surface area contributed by atoms with Crippen LogP contribution in [0, 0.1) is 0 Å². The predicted octanol–water partition coefficient (Wildman–Crippen LogP) is 2.88. The highest BCUT2D eigenvalue weighted by Crippen LogP contribution is 2.34. The van der Waals surface area contributed by atoms with Crippen molar-refractivity contribution in [3.63, 3.8) is 0 Å². The number of likely N-dealkylation sites (N-methyl/N-ethyl adjacent to an activating group) is 1. The van der Waals surface area contributed by atoms with Crippen LogP contribution < -0.4 is 4.90 Å². The number of likely N-dealkylation sites (tertiary alicyclic amines) is 1. The number of carbonyl (C=O) groups is 3. The van der Waals surface area contributed by atoms with Crippen molar-refractivity contribution < 1.29 is 32.7 Å². The van der Waals surface area contributed by atoms with E-state index in [9.17, 15) is 22.8 Å². The zero-order chi connectivity index (χ0) is 24.2. The lowest BCUT2D eigenvalue weighted by Gasteiger charge is -2.46. The second kappa shape index (κ2) is 9.62. The van der Waals surface area contributed by atoms with Crippen LogP contribution in [0.5, 0.6) is 0 Å². The molecule has 1 N–H and O–H groups in total. The monoisotopic (exact) mass is 463 g/mol. The molecule has 0 bridgehead atoms. The first-order chi connectivity index (χ1) is 15.5. The smallest absolute Gasteiger partial charge is 0.475 e. The van der Waals surface area contributed by atoms with Crippen LogP contribution in [0.15, 0.2) is 60.7 Å². The Bertz CT molecular complexity index is 1000. The summed E-state index contributed by atoms with van der Waals surface area (Å²) in [6.45, 7) is 2.36. The number of nitrogens with zero attached hydrogens (tertiary/aromatic N) is 3. The Kier molecular flexibility index (Phi) is 7.06. The number of alkyl halides is 3. The summed E-state index contributed by atoms with van der Waals surface area (Å²) in [4.78, 5) is 40.2. The molecular weight excluding hydrogens is 439 g/mol.